The van der Waals surface area contributed by atoms with Crippen molar-refractivity contribution in [3.63, 3.8) is 0 Å². The van der Waals surface area contributed by atoms with Gasteiger partial charge in [0.15, 0.2) is 0 Å². The predicted octanol–water partition coefficient (Wildman–Crippen LogP) is 2.40. The standard InChI is InChI=1S/C13H18N2O3/c1-8(2)10-5-4-6-11(7-10)15-13(18)14-9(3)12(16)17/h4-9H,1-3H3,(H,16,17)(H2,14,15,18)/t9-/m0/s1. The van der Waals surface area contributed by atoms with Crippen LogP contribution < -0.4 is 10.6 Å². The SMILES string of the molecule is CC(C)c1cccc(NC(=O)N[C@@H](C)C(=O)O)c1. The highest BCUT2D eigenvalue weighted by molar-refractivity contribution is 5.92. The summed E-state index contributed by atoms with van der Waals surface area (Å²) in [6, 6.07) is 6.02. The molecule has 5 heteroatoms. The molecule has 2 amide bonds. The minimum Gasteiger partial charge on any atom is -0.480 e. The van der Waals surface area contributed by atoms with Gasteiger partial charge in [-0.2, -0.15) is 0 Å². The van der Waals surface area contributed by atoms with Crippen LogP contribution in [0.5, 0.6) is 0 Å². The molecule has 18 heavy (non-hydrogen) atoms. The number of amides is 2. The Bertz CT molecular complexity index is 444. The van der Waals surface area contributed by atoms with E-state index in [2.05, 4.69) is 24.5 Å². The number of anilines is 1. The number of urea groups is 1. The largest absolute Gasteiger partial charge is 0.480 e. The van der Waals surface area contributed by atoms with Gasteiger partial charge in [0.05, 0.1) is 0 Å². The van der Waals surface area contributed by atoms with Gasteiger partial charge in [0.2, 0.25) is 0 Å². The first-order valence-corrected chi connectivity index (χ1v) is 5.80. The van der Waals surface area contributed by atoms with Crippen LogP contribution in [0, 0.1) is 0 Å². The first-order chi connectivity index (χ1) is 8.40. The van der Waals surface area contributed by atoms with Crippen molar-refractivity contribution in [2.24, 2.45) is 0 Å². The second kappa shape index (κ2) is 6.05. The number of hydrogen-bond donors (Lipinski definition) is 3. The van der Waals surface area contributed by atoms with Crippen LogP contribution in [0.3, 0.4) is 0 Å². The summed E-state index contributed by atoms with van der Waals surface area (Å²) in [5.74, 6) is -0.700. The molecule has 0 bridgehead atoms. The van der Waals surface area contributed by atoms with Crippen LogP contribution >= 0.6 is 0 Å². The minimum atomic E-state index is -1.07. The zero-order valence-electron chi connectivity index (χ0n) is 10.7. The van der Waals surface area contributed by atoms with Crippen molar-refractivity contribution in [1.29, 1.82) is 0 Å². The summed E-state index contributed by atoms with van der Waals surface area (Å²) in [7, 11) is 0. The fraction of sp³-hybridized carbons (Fsp3) is 0.385. The topological polar surface area (TPSA) is 78.4 Å². The molecule has 0 saturated heterocycles. The zero-order chi connectivity index (χ0) is 13.7. The fourth-order valence-electron chi connectivity index (χ4n) is 1.40. The van der Waals surface area contributed by atoms with Gasteiger partial charge in [-0.3, -0.25) is 4.79 Å². The van der Waals surface area contributed by atoms with Gasteiger partial charge in [0, 0.05) is 5.69 Å². The third kappa shape index (κ3) is 4.08. The number of nitrogens with one attached hydrogen (secondary N) is 2. The second-order valence-corrected chi connectivity index (χ2v) is 4.44. The lowest BCUT2D eigenvalue weighted by atomic mass is 10.0. The van der Waals surface area contributed by atoms with Crippen molar-refractivity contribution in [2.45, 2.75) is 32.7 Å². The third-order valence-corrected chi connectivity index (χ3v) is 2.53. The summed E-state index contributed by atoms with van der Waals surface area (Å²) in [5.41, 5.74) is 1.76. The predicted molar refractivity (Wildman–Crippen MR) is 69.8 cm³/mol. The Kier molecular flexibility index (Phi) is 4.71. The van der Waals surface area contributed by atoms with E-state index in [-0.39, 0.29) is 0 Å². The number of aliphatic carboxylic acids is 1. The van der Waals surface area contributed by atoms with Crippen LogP contribution in [-0.4, -0.2) is 23.1 Å². The molecule has 0 aliphatic heterocycles. The highest BCUT2D eigenvalue weighted by atomic mass is 16.4. The molecule has 0 radical (unpaired) electrons. The number of rotatable bonds is 4. The second-order valence-electron chi connectivity index (χ2n) is 4.44. The van der Waals surface area contributed by atoms with Crippen LogP contribution in [-0.2, 0) is 4.79 Å². The summed E-state index contributed by atoms with van der Waals surface area (Å²) < 4.78 is 0. The van der Waals surface area contributed by atoms with Gasteiger partial charge in [0.1, 0.15) is 6.04 Å². The van der Waals surface area contributed by atoms with E-state index in [0.717, 1.165) is 5.56 Å². The van der Waals surface area contributed by atoms with E-state index in [1.165, 1.54) is 6.92 Å². The van der Waals surface area contributed by atoms with E-state index in [4.69, 9.17) is 5.11 Å². The van der Waals surface area contributed by atoms with E-state index in [1.807, 2.05) is 18.2 Å². The van der Waals surface area contributed by atoms with Gasteiger partial charge in [0.25, 0.3) is 0 Å². The Balaban J connectivity index is 2.64. The van der Waals surface area contributed by atoms with Crippen molar-refractivity contribution in [1.82, 2.24) is 5.32 Å². The lowest BCUT2D eigenvalue weighted by Crippen LogP contribution is -2.40. The van der Waals surface area contributed by atoms with Crippen LogP contribution in [0.15, 0.2) is 24.3 Å². The fourth-order valence-corrected chi connectivity index (χ4v) is 1.40. The van der Waals surface area contributed by atoms with Gasteiger partial charge in [-0.1, -0.05) is 26.0 Å². The number of carboxylic acids is 1. The Morgan fingerprint density at radius 3 is 2.44 bits per heavy atom. The van der Waals surface area contributed by atoms with Gasteiger partial charge in [-0.05, 0) is 30.5 Å². The molecule has 1 atom stereocenters. The first-order valence-electron chi connectivity index (χ1n) is 5.80. The molecule has 0 aliphatic rings. The van der Waals surface area contributed by atoms with Crippen LogP contribution in [0.1, 0.15) is 32.3 Å². The minimum absolute atomic E-state index is 0.368. The third-order valence-electron chi connectivity index (χ3n) is 2.53. The van der Waals surface area contributed by atoms with E-state index < -0.39 is 18.0 Å². The van der Waals surface area contributed by atoms with Crippen molar-refractivity contribution in [2.75, 3.05) is 5.32 Å². The average Bonchev–Trinajstić information content (AvgIpc) is 2.28. The zero-order valence-corrected chi connectivity index (χ0v) is 10.7. The Labute approximate surface area is 106 Å². The molecule has 0 saturated carbocycles. The molecule has 1 aromatic carbocycles. The van der Waals surface area contributed by atoms with Crippen LogP contribution in [0.2, 0.25) is 0 Å². The Morgan fingerprint density at radius 2 is 1.89 bits per heavy atom. The molecule has 3 N–H and O–H groups in total. The summed E-state index contributed by atoms with van der Waals surface area (Å²) >= 11 is 0. The van der Waals surface area contributed by atoms with Crippen molar-refractivity contribution < 1.29 is 14.7 Å². The normalized spacial score (nSPS) is 12.0. The summed E-state index contributed by atoms with van der Waals surface area (Å²) in [6.45, 7) is 5.53. The molecular formula is C13H18N2O3. The lowest BCUT2D eigenvalue weighted by Gasteiger charge is -2.12. The van der Waals surface area contributed by atoms with Crippen molar-refractivity contribution in [3.05, 3.63) is 29.8 Å². The van der Waals surface area contributed by atoms with E-state index in [9.17, 15) is 9.59 Å². The lowest BCUT2D eigenvalue weighted by molar-refractivity contribution is -0.138. The molecule has 1 aromatic rings. The maximum absolute atomic E-state index is 11.5. The first kappa shape index (κ1) is 14.0. The maximum atomic E-state index is 11.5. The molecule has 0 aliphatic carbocycles. The molecule has 0 aromatic heterocycles. The molecule has 1 rings (SSSR count). The highest BCUT2D eigenvalue weighted by Gasteiger charge is 2.13. The summed E-state index contributed by atoms with van der Waals surface area (Å²) in [6.07, 6.45) is 0. The molecule has 0 fully saturated rings. The Hall–Kier alpha value is -2.04. The van der Waals surface area contributed by atoms with Crippen LogP contribution in [0.4, 0.5) is 10.5 Å². The number of carbonyl (C=O) groups excluding carboxylic acids is 1. The monoisotopic (exact) mass is 250 g/mol. The number of carboxylic acid groups (broad SMARTS) is 1. The number of hydrogen-bond acceptors (Lipinski definition) is 2. The van der Waals surface area contributed by atoms with Crippen molar-refractivity contribution in [3.8, 4) is 0 Å². The molecular weight excluding hydrogens is 232 g/mol. The van der Waals surface area contributed by atoms with E-state index in [1.54, 1.807) is 6.07 Å². The average molecular weight is 250 g/mol. The summed E-state index contributed by atoms with van der Waals surface area (Å²) in [4.78, 5) is 22.1. The van der Waals surface area contributed by atoms with Gasteiger partial charge >= 0.3 is 12.0 Å². The molecule has 0 unspecified atom stereocenters. The van der Waals surface area contributed by atoms with Gasteiger partial charge in [-0.15, -0.1) is 0 Å². The van der Waals surface area contributed by atoms with E-state index in [0.29, 0.717) is 11.6 Å². The molecule has 0 heterocycles. The smallest absolute Gasteiger partial charge is 0.325 e. The number of carbonyl (C=O) groups is 2. The van der Waals surface area contributed by atoms with Crippen LogP contribution in [0.25, 0.3) is 0 Å². The quantitative estimate of drug-likeness (QED) is 0.767. The van der Waals surface area contributed by atoms with Gasteiger partial charge < -0.3 is 15.7 Å². The summed E-state index contributed by atoms with van der Waals surface area (Å²) in [5, 5.41) is 13.6. The molecule has 98 valence electrons. The Morgan fingerprint density at radius 1 is 1.22 bits per heavy atom. The number of benzene rings is 1. The molecule has 5 nitrogen and oxygen atoms in total. The van der Waals surface area contributed by atoms with Crippen molar-refractivity contribution >= 4 is 17.7 Å². The van der Waals surface area contributed by atoms with E-state index >= 15 is 0 Å². The maximum Gasteiger partial charge on any atom is 0.325 e. The van der Waals surface area contributed by atoms with Gasteiger partial charge in [-0.25, -0.2) is 4.79 Å². The molecule has 0 spiro atoms. The highest BCUT2D eigenvalue weighted by Crippen LogP contribution is 2.18.